The van der Waals surface area contributed by atoms with Crippen molar-refractivity contribution in [2.75, 3.05) is 13.1 Å². The van der Waals surface area contributed by atoms with Crippen LogP contribution in [0.15, 0.2) is 60.0 Å². The Balaban J connectivity index is 2.24. The molecule has 1 amide bonds. The summed E-state index contributed by atoms with van der Waals surface area (Å²) in [4.78, 5) is 11.9. The maximum atomic E-state index is 12.8. The van der Waals surface area contributed by atoms with Gasteiger partial charge in [0.2, 0.25) is 15.9 Å². The highest BCUT2D eigenvalue weighted by molar-refractivity contribution is 7.92. The first-order chi connectivity index (χ1) is 13.6. The van der Waals surface area contributed by atoms with Crippen LogP contribution in [0.1, 0.15) is 11.1 Å². The van der Waals surface area contributed by atoms with Gasteiger partial charge in [0, 0.05) is 17.0 Å². The number of hydrogen-bond acceptors (Lipinski definition) is 3. The third-order valence-electron chi connectivity index (χ3n) is 3.70. The zero-order valence-electron chi connectivity index (χ0n) is 15.1. The topological polar surface area (TPSA) is 66.5 Å². The molecule has 0 aliphatic carbocycles. The summed E-state index contributed by atoms with van der Waals surface area (Å²) >= 11 is 6.06. The first kappa shape index (κ1) is 22.9. The molecule has 0 radical (unpaired) electrons. The number of amides is 1. The zero-order valence-corrected chi connectivity index (χ0v) is 16.6. The van der Waals surface area contributed by atoms with Crippen molar-refractivity contribution in [1.82, 2.24) is 9.62 Å². The summed E-state index contributed by atoms with van der Waals surface area (Å²) in [6.07, 6.45) is -3.27. The Labute approximate surface area is 171 Å². The normalized spacial score (nSPS) is 12.4. The number of rotatable bonds is 8. The molecule has 5 nitrogen and oxygen atoms in total. The van der Waals surface area contributed by atoms with Crippen LogP contribution in [0.2, 0.25) is 5.02 Å². The molecule has 10 heteroatoms. The third-order valence-corrected chi connectivity index (χ3v) is 5.53. The van der Waals surface area contributed by atoms with Crippen molar-refractivity contribution in [2.45, 2.75) is 12.7 Å². The van der Waals surface area contributed by atoms with Gasteiger partial charge in [0.15, 0.2) is 0 Å². The van der Waals surface area contributed by atoms with Gasteiger partial charge in [0.1, 0.15) is 6.54 Å². The van der Waals surface area contributed by atoms with E-state index in [-0.39, 0.29) is 11.6 Å². The van der Waals surface area contributed by atoms with Gasteiger partial charge in [0.25, 0.3) is 0 Å². The first-order valence-electron chi connectivity index (χ1n) is 8.37. The summed E-state index contributed by atoms with van der Waals surface area (Å²) < 4.78 is 63.2. The molecular weight excluding hydrogens is 429 g/mol. The summed E-state index contributed by atoms with van der Waals surface area (Å²) in [6, 6.07) is 15.0. The summed E-state index contributed by atoms with van der Waals surface area (Å²) in [5.41, 5.74) is 1.02. The lowest BCUT2D eigenvalue weighted by Gasteiger charge is -2.21. The second-order valence-corrected chi connectivity index (χ2v) is 8.24. The fourth-order valence-corrected chi connectivity index (χ4v) is 3.60. The van der Waals surface area contributed by atoms with Gasteiger partial charge in [-0.3, -0.25) is 4.79 Å². The molecule has 0 unspecified atom stereocenters. The minimum Gasteiger partial charge on any atom is -0.346 e. The number of halogens is 4. The summed E-state index contributed by atoms with van der Waals surface area (Å²) in [5.74, 6) is -1.08. The molecule has 0 aromatic heterocycles. The average molecular weight is 447 g/mol. The van der Waals surface area contributed by atoms with Crippen molar-refractivity contribution in [3.63, 3.8) is 0 Å². The van der Waals surface area contributed by atoms with Gasteiger partial charge < -0.3 is 5.32 Å². The molecule has 0 saturated carbocycles. The monoisotopic (exact) mass is 446 g/mol. The van der Waals surface area contributed by atoms with E-state index in [2.05, 4.69) is 0 Å². The van der Waals surface area contributed by atoms with Crippen LogP contribution in [-0.2, 0) is 21.4 Å². The van der Waals surface area contributed by atoms with E-state index in [0.717, 1.165) is 9.71 Å². The van der Waals surface area contributed by atoms with Crippen molar-refractivity contribution < 1.29 is 26.4 Å². The van der Waals surface area contributed by atoms with Crippen LogP contribution < -0.4 is 5.32 Å². The second kappa shape index (κ2) is 9.91. The fraction of sp³-hybridized carbons (Fsp3) is 0.211. The number of carbonyl (C=O) groups excluding carboxylic acids is 1. The van der Waals surface area contributed by atoms with E-state index in [4.69, 9.17) is 11.6 Å². The van der Waals surface area contributed by atoms with Crippen molar-refractivity contribution in [3.8, 4) is 0 Å². The van der Waals surface area contributed by atoms with E-state index in [1.807, 2.05) is 0 Å². The summed E-state index contributed by atoms with van der Waals surface area (Å²) in [6.45, 7) is -2.62. The van der Waals surface area contributed by atoms with Gasteiger partial charge >= 0.3 is 6.18 Å². The molecule has 0 heterocycles. The van der Waals surface area contributed by atoms with Crippen LogP contribution in [-0.4, -0.2) is 37.9 Å². The van der Waals surface area contributed by atoms with Crippen molar-refractivity contribution >= 4 is 33.6 Å². The molecule has 0 atom stereocenters. The van der Waals surface area contributed by atoms with Crippen molar-refractivity contribution in [1.29, 1.82) is 0 Å². The van der Waals surface area contributed by atoms with Gasteiger partial charge in [-0.25, -0.2) is 8.42 Å². The number of carbonyl (C=O) groups is 1. The molecule has 29 heavy (non-hydrogen) atoms. The van der Waals surface area contributed by atoms with Crippen LogP contribution in [0, 0.1) is 0 Å². The summed E-state index contributed by atoms with van der Waals surface area (Å²) in [7, 11) is -4.13. The molecular formula is C19H18ClF3N2O3S. The number of sulfonamides is 1. The highest BCUT2D eigenvalue weighted by Gasteiger charge is 2.29. The second-order valence-electron chi connectivity index (χ2n) is 6.01. The van der Waals surface area contributed by atoms with Crippen LogP contribution >= 0.6 is 11.6 Å². The van der Waals surface area contributed by atoms with Crippen LogP contribution in [0.3, 0.4) is 0 Å². The zero-order chi connectivity index (χ0) is 21.5. The van der Waals surface area contributed by atoms with Crippen molar-refractivity contribution in [3.05, 3.63) is 76.2 Å². The van der Waals surface area contributed by atoms with Crippen molar-refractivity contribution in [2.24, 2.45) is 0 Å². The predicted molar refractivity (Wildman–Crippen MR) is 105 cm³/mol. The Hall–Kier alpha value is -2.36. The predicted octanol–water partition coefficient (Wildman–Crippen LogP) is 3.82. The van der Waals surface area contributed by atoms with E-state index in [1.165, 1.54) is 6.08 Å². The van der Waals surface area contributed by atoms with Gasteiger partial charge in [-0.05, 0) is 23.3 Å². The Bertz CT molecular complexity index is 964. The molecule has 2 rings (SSSR count). The molecule has 2 aromatic rings. The summed E-state index contributed by atoms with van der Waals surface area (Å²) in [5, 5.41) is 2.84. The minimum atomic E-state index is -4.60. The van der Waals surface area contributed by atoms with Gasteiger partial charge in [0.05, 0.1) is 6.54 Å². The fourth-order valence-electron chi connectivity index (χ4n) is 2.28. The first-order valence-corrected chi connectivity index (χ1v) is 10.2. The molecule has 1 N–H and O–H groups in total. The molecule has 0 saturated heterocycles. The highest BCUT2D eigenvalue weighted by atomic mass is 35.5. The number of nitrogens with zero attached hydrogens (tertiary/aromatic N) is 1. The Morgan fingerprint density at radius 2 is 1.69 bits per heavy atom. The minimum absolute atomic E-state index is 0.274. The van der Waals surface area contributed by atoms with E-state index in [1.54, 1.807) is 59.9 Å². The standard InChI is InChI=1S/C19H18ClF3N2O3S/c20-17-9-5-4-8-16(17)12-25(13-18(26)24-14-19(21,22)23)29(27,28)11-10-15-6-2-1-3-7-15/h1-11H,12-14H2,(H,24,26)/b11-10+. The smallest absolute Gasteiger partial charge is 0.346 e. The number of hydrogen-bond donors (Lipinski definition) is 1. The number of benzene rings is 2. The van der Waals surface area contributed by atoms with Gasteiger partial charge in [-0.2, -0.15) is 17.5 Å². The Kier molecular flexibility index (Phi) is 7.83. The average Bonchev–Trinajstić information content (AvgIpc) is 2.66. The Morgan fingerprint density at radius 3 is 2.31 bits per heavy atom. The van der Waals surface area contributed by atoms with E-state index < -0.39 is 35.2 Å². The largest absolute Gasteiger partial charge is 0.405 e. The van der Waals surface area contributed by atoms with E-state index in [9.17, 15) is 26.4 Å². The van der Waals surface area contributed by atoms with Crippen LogP contribution in [0.5, 0.6) is 0 Å². The van der Waals surface area contributed by atoms with Gasteiger partial charge in [-0.1, -0.05) is 60.1 Å². The molecule has 156 valence electrons. The SMILES string of the molecule is O=C(CN(Cc1ccccc1Cl)S(=O)(=O)/C=C/c1ccccc1)NCC(F)(F)F. The maximum absolute atomic E-state index is 12.8. The molecule has 0 spiro atoms. The quantitative estimate of drug-likeness (QED) is 0.670. The number of nitrogens with one attached hydrogen (secondary N) is 1. The van der Waals surface area contributed by atoms with Crippen LogP contribution in [0.25, 0.3) is 6.08 Å². The lowest BCUT2D eigenvalue weighted by molar-refractivity contribution is -0.138. The molecule has 0 fully saturated rings. The molecule has 0 aliphatic rings. The molecule has 2 aromatic carbocycles. The van der Waals surface area contributed by atoms with E-state index >= 15 is 0 Å². The number of alkyl halides is 3. The molecule has 0 aliphatic heterocycles. The highest BCUT2D eigenvalue weighted by Crippen LogP contribution is 2.20. The third kappa shape index (κ3) is 7.88. The van der Waals surface area contributed by atoms with Crippen LogP contribution in [0.4, 0.5) is 13.2 Å². The molecule has 0 bridgehead atoms. The maximum Gasteiger partial charge on any atom is 0.405 e. The Morgan fingerprint density at radius 1 is 1.07 bits per heavy atom. The lowest BCUT2D eigenvalue weighted by atomic mass is 10.2. The lowest BCUT2D eigenvalue weighted by Crippen LogP contribution is -2.42. The van der Waals surface area contributed by atoms with Gasteiger partial charge in [-0.15, -0.1) is 0 Å². The van der Waals surface area contributed by atoms with E-state index in [0.29, 0.717) is 11.1 Å².